The number of rotatable bonds is 6. The van der Waals surface area contributed by atoms with Crippen LogP contribution in [-0.2, 0) is 9.53 Å². The van der Waals surface area contributed by atoms with Crippen molar-refractivity contribution in [2.75, 3.05) is 13.7 Å². The van der Waals surface area contributed by atoms with Gasteiger partial charge >= 0.3 is 5.97 Å². The molecule has 82 valence electrons. The number of carbonyl (C=O) groups is 1. The average molecular weight is 201 g/mol. The number of nitrogens with one attached hydrogen (secondary N) is 1. The second-order valence-corrected chi connectivity index (χ2v) is 3.92. The van der Waals surface area contributed by atoms with Gasteiger partial charge in [0.15, 0.2) is 0 Å². The summed E-state index contributed by atoms with van der Waals surface area (Å²) in [6.07, 6.45) is 2.86. The number of carbonyl (C=O) groups excluding carboxylic acids is 1. The molecule has 1 saturated carbocycles. The molecule has 0 radical (unpaired) electrons. The van der Waals surface area contributed by atoms with E-state index in [-0.39, 0.29) is 24.7 Å². The van der Waals surface area contributed by atoms with Gasteiger partial charge in [-0.3, -0.25) is 4.79 Å². The van der Waals surface area contributed by atoms with Gasteiger partial charge < -0.3 is 15.2 Å². The Morgan fingerprint density at radius 2 is 2.29 bits per heavy atom. The number of esters is 1. The average Bonchev–Trinajstić information content (AvgIpc) is 2.97. The molecule has 0 spiro atoms. The minimum Gasteiger partial charge on any atom is -0.468 e. The monoisotopic (exact) mass is 201 g/mol. The van der Waals surface area contributed by atoms with E-state index in [4.69, 9.17) is 9.84 Å². The normalized spacial score (nSPS) is 20.2. The Morgan fingerprint density at radius 1 is 1.64 bits per heavy atom. The Kier molecular flexibility index (Phi) is 4.35. The summed E-state index contributed by atoms with van der Waals surface area (Å²) in [5.41, 5.74) is 0. The summed E-state index contributed by atoms with van der Waals surface area (Å²) in [7, 11) is 1.41. The van der Waals surface area contributed by atoms with E-state index in [1.807, 2.05) is 6.92 Å². The van der Waals surface area contributed by atoms with Crippen molar-refractivity contribution in [3.8, 4) is 0 Å². The molecule has 0 saturated heterocycles. The van der Waals surface area contributed by atoms with Gasteiger partial charge in [-0.2, -0.15) is 0 Å². The number of aliphatic hydroxyl groups excluding tert-OH is 1. The lowest BCUT2D eigenvalue weighted by atomic mass is 10.1. The van der Waals surface area contributed by atoms with Crippen LogP contribution in [0.5, 0.6) is 0 Å². The topological polar surface area (TPSA) is 58.6 Å². The Bertz CT molecular complexity index is 192. The number of methoxy groups -OCH3 is 1. The number of ether oxygens (including phenoxy) is 1. The van der Waals surface area contributed by atoms with Crippen LogP contribution in [0.1, 0.15) is 26.2 Å². The molecular weight excluding hydrogens is 182 g/mol. The smallest absolute Gasteiger partial charge is 0.323 e. The lowest BCUT2D eigenvalue weighted by Gasteiger charge is -2.20. The van der Waals surface area contributed by atoms with Crippen LogP contribution in [0, 0.1) is 5.92 Å². The van der Waals surface area contributed by atoms with E-state index >= 15 is 0 Å². The lowest BCUT2D eigenvalue weighted by molar-refractivity contribution is -0.144. The van der Waals surface area contributed by atoms with Gasteiger partial charge in [0.05, 0.1) is 7.11 Å². The zero-order chi connectivity index (χ0) is 10.6. The van der Waals surface area contributed by atoms with Crippen LogP contribution in [0.15, 0.2) is 0 Å². The van der Waals surface area contributed by atoms with Gasteiger partial charge in [-0.1, -0.05) is 0 Å². The fourth-order valence-corrected chi connectivity index (χ4v) is 1.54. The van der Waals surface area contributed by atoms with E-state index < -0.39 is 0 Å². The third kappa shape index (κ3) is 3.27. The first-order valence-electron chi connectivity index (χ1n) is 5.13. The first kappa shape index (κ1) is 11.5. The molecule has 2 N–H and O–H groups in total. The van der Waals surface area contributed by atoms with Crippen LogP contribution in [0.25, 0.3) is 0 Å². The van der Waals surface area contributed by atoms with Crippen molar-refractivity contribution in [1.29, 1.82) is 0 Å². The zero-order valence-corrected chi connectivity index (χ0v) is 8.82. The van der Waals surface area contributed by atoms with E-state index in [1.165, 1.54) is 7.11 Å². The number of aliphatic hydroxyl groups is 1. The second-order valence-electron chi connectivity index (χ2n) is 3.92. The summed E-state index contributed by atoms with van der Waals surface area (Å²) < 4.78 is 4.73. The SMILES string of the molecule is COC(=O)C(NC(C)CCO)C1CC1. The molecule has 0 amide bonds. The van der Waals surface area contributed by atoms with Gasteiger partial charge in [0, 0.05) is 12.6 Å². The van der Waals surface area contributed by atoms with Crippen LogP contribution < -0.4 is 5.32 Å². The van der Waals surface area contributed by atoms with Gasteiger partial charge in [0.2, 0.25) is 0 Å². The minimum atomic E-state index is -0.183. The Hall–Kier alpha value is -0.610. The van der Waals surface area contributed by atoms with Crippen molar-refractivity contribution in [2.45, 2.75) is 38.3 Å². The predicted molar refractivity (Wildman–Crippen MR) is 52.8 cm³/mol. The Labute approximate surface area is 84.6 Å². The van der Waals surface area contributed by atoms with Gasteiger partial charge in [0.1, 0.15) is 6.04 Å². The maximum atomic E-state index is 11.4. The van der Waals surface area contributed by atoms with Crippen LogP contribution in [-0.4, -0.2) is 36.9 Å². The van der Waals surface area contributed by atoms with Crippen molar-refractivity contribution in [2.24, 2.45) is 5.92 Å². The molecule has 0 bridgehead atoms. The van der Waals surface area contributed by atoms with Crippen LogP contribution >= 0.6 is 0 Å². The van der Waals surface area contributed by atoms with Gasteiger partial charge in [-0.25, -0.2) is 0 Å². The van der Waals surface area contributed by atoms with Crippen molar-refractivity contribution < 1.29 is 14.6 Å². The highest BCUT2D eigenvalue weighted by Gasteiger charge is 2.37. The van der Waals surface area contributed by atoms with Crippen molar-refractivity contribution in [3.05, 3.63) is 0 Å². The highest BCUT2D eigenvalue weighted by atomic mass is 16.5. The third-order valence-electron chi connectivity index (χ3n) is 2.57. The Morgan fingerprint density at radius 3 is 2.71 bits per heavy atom. The van der Waals surface area contributed by atoms with E-state index in [0.717, 1.165) is 12.8 Å². The van der Waals surface area contributed by atoms with Crippen molar-refractivity contribution in [3.63, 3.8) is 0 Å². The van der Waals surface area contributed by atoms with Crippen molar-refractivity contribution >= 4 is 5.97 Å². The van der Waals surface area contributed by atoms with Crippen molar-refractivity contribution in [1.82, 2.24) is 5.32 Å². The molecule has 0 aromatic heterocycles. The predicted octanol–water partition coefficient (Wildman–Crippen LogP) is 0.298. The number of hydrogen-bond donors (Lipinski definition) is 2. The summed E-state index contributed by atoms with van der Waals surface area (Å²) in [5.74, 6) is 0.251. The first-order valence-corrected chi connectivity index (χ1v) is 5.13. The maximum absolute atomic E-state index is 11.4. The minimum absolute atomic E-state index is 0.146. The molecule has 0 aliphatic heterocycles. The molecule has 0 aromatic carbocycles. The number of hydrogen-bond acceptors (Lipinski definition) is 4. The van der Waals surface area contributed by atoms with Gasteiger partial charge in [-0.15, -0.1) is 0 Å². The summed E-state index contributed by atoms with van der Waals surface area (Å²) in [4.78, 5) is 11.4. The van der Waals surface area contributed by atoms with Crippen LogP contribution in [0.2, 0.25) is 0 Å². The molecule has 1 rings (SSSR count). The van der Waals surface area contributed by atoms with Gasteiger partial charge in [0.25, 0.3) is 0 Å². The van der Waals surface area contributed by atoms with Crippen LogP contribution in [0.3, 0.4) is 0 Å². The summed E-state index contributed by atoms with van der Waals surface area (Å²) in [5, 5.41) is 11.9. The standard InChI is InChI=1S/C10H19NO3/c1-7(5-6-12)11-9(8-3-4-8)10(13)14-2/h7-9,11-12H,3-6H2,1-2H3. The highest BCUT2D eigenvalue weighted by molar-refractivity contribution is 5.76. The summed E-state index contributed by atoms with van der Waals surface area (Å²) in [6, 6.07) is -0.0220. The molecular formula is C10H19NO3. The quantitative estimate of drug-likeness (QED) is 0.607. The summed E-state index contributed by atoms with van der Waals surface area (Å²) in [6.45, 7) is 2.11. The molecule has 2 unspecified atom stereocenters. The summed E-state index contributed by atoms with van der Waals surface area (Å²) >= 11 is 0. The lowest BCUT2D eigenvalue weighted by Crippen LogP contribution is -2.44. The third-order valence-corrected chi connectivity index (χ3v) is 2.57. The fourth-order valence-electron chi connectivity index (χ4n) is 1.54. The molecule has 2 atom stereocenters. The Balaban J connectivity index is 2.38. The fraction of sp³-hybridized carbons (Fsp3) is 0.900. The van der Waals surface area contributed by atoms with Crippen LogP contribution in [0.4, 0.5) is 0 Å². The molecule has 0 aromatic rings. The van der Waals surface area contributed by atoms with E-state index in [9.17, 15) is 4.79 Å². The molecule has 1 aliphatic carbocycles. The van der Waals surface area contributed by atoms with Gasteiger partial charge in [-0.05, 0) is 32.1 Å². The zero-order valence-electron chi connectivity index (χ0n) is 8.82. The van der Waals surface area contributed by atoms with E-state index in [1.54, 1.807) is 0 Å². The van der Waals surface area contributed by atoms with E-state index in [2.05, 4.69) is 5.32 Å². The second kappa shape index (κ2) is 5.32. The molecule has 1 aliphatic rings. The molecule has 1 fully saturated rings. The van der Waals surface area contributed by atoms with E-state index in [0.29, 0.717) is 12.3 Å². The maximum Gasteiger partial charge on any atom is 0.323 e. The highest BCUT2D eigenvalue weighted by Crippen LogP contribution is 2.33. The molecule has 4 heteroatoms. The molecule has 0 heterocycles. The molecule has 4 nitrogen and oxygen atoms in total. The first-order chi connectivity index (χ1) is 6.69. The largest absolute Gasteiger partial charge is 0.468 e. The molecule has 14 heavy (non-hydrogen) atoms.